The summed E-state index contributed by atoms with van der Waals surface area (Å²) in [6.45, 7) is 7.99. The quantitative estimate of drug-likeness (QED) is 0.587. The maximum atomic E-state index is 12.4. The van der Waals surface area contributed by atoms with E-state index in [2.05, 4.69) is 22.1 Å². The average Bonchev–Trinajstić information content (AvgIpc) is 3.06. The van der Waals surface area contributed by atoms with Crippen LogP contribution in [0.15, 0.2) is 28.7 Å². The number of amides is 1. The summed E-state index contributed by atoms with van der Waals surface area (Å²) < 4.78 is 18.1. The van der Waals surface area contributed by atoms with Crippen molar-refractivity contribution in [2.45, 2.75) is 38.9 Å². The Hall–Kier alpha value is -1.70. The highest BCUT2D eigenvalue weighted by Gasteiger charge is 2.17. The highest BCUT2D eigenvalue weighted by molar-refractivity contribution is 7.84. The molecule has 1 N–H and O–H groups in total. The van der Waals surface area contributed by atoms with E-state index in [1.54, 1.807) is 19.1 Å². The molecule has 0 unspecified atom stereocenters. The number of rotatable bonds is 9. The van der Waals surface area contributed by atoms with Crippen molar-refractivity contribution >= 4 is 28.3 Å². The predicted molar refractivity (Wildman–Crippen MR) is 121 cm³/mol. The number of benzene rings is 1. The second kappa shape index (κ2) is 11.1. The van der Waals surface area contributed by atoms with Crippen LogP contribution in [0.25, 0.3) is 11.5 Å². The second-order valence-electron chi connectivity index (χ2n) is 8.01. The zero-order chi connectivity index (χ0) is 21.5. The van der Waals surface area contributed by atoms with Crippen molar-refractivity contribution in [3.63, 3.8) is 0 Å². The van der Waals surface area contributed by atoms with Crippen LogP contribution in [-0.4, -0.2) is 51.9 Å². The van der Waals surface area contributed by atoms with Crippen molar-refractivity contribution in [1.29, 1.82) is 0 Å². The van der Waals surface area contributed by atoms with Gasteiger partial charge in [0.15, 0.2) is 0 Å². The fraction of sp³-hybridized carbons (Fsp3) is 0.545. The number of hydrogen-bond donors (Lipinski definition) is 1. The van der Waals surface area contributed by atoms with E-state index in [1.165, 1.54) is 12.8 Å². The Morgan fingerprint density at radius 1 is 1.37 bits per heavy atom. The molecule has 8 heteroatoms. The molecule has 1 aliphatic rings. The Bertz CT molecular complexity index is 869. The van der Waals surface area contributed by atoms with Gasteiger partial charge in [-0.2, -0.15) is 0 Å². The third kappa shape index (κ3) is 6.93. The summed E-state index contributed by atoms with van der Waals surface area (Å²) in [6, 6.07) is 7.19. The number of halogens is 1. The van der Waals surface area contributed by atoms with Gasteiger partial charge in [-0.25, -0.2) is 4.98 Å². The molecule has 1 aromatic heterocycles. The monoisotopic (exact) mass is 451 g/mol. The molecule has 1 saturated heterocycles. The number of oxazole rings is 1. The molecule has 164 valence electrons. The van der Waals surface area contributed by atoms with Crippen LogP contribution >= 0.6 is 11.6 Å². The molecule has 0 saturated carbocycles. The number of nitrogens with one attached hydrogen (secondary N) is 1. The van der Waals surface area contributed by atoms with Crippen molar-refractivity contribution in [2.75, 3.05) is 31.9 Å². The van der Waals surface area contributed by atoms with Crippen LogP contribution in [0.1, 0.15) is 37.6 Å². The zero-order valence-electron chi connectivity index (χ0n) is 17.7. The van der Waals surface area contributed by atoms with Gasteiger partial charge >= 0.3 is 0 Å². The summed E-state index contributed by atoms with van der Waals surface area (Å²) in [6.07, 6.45) is 3.48. The van der Waals surface area contributed by atoms with E-state index in [4.69, 9.17) is 16.0 Å². The number of likely N-dealkylation sites (tertiary alicyclic amines) is 1. The average molecular weight is 452 g/mol. The molecule has 3 rings (SSSR count). The van der Waals surface area contributed by atoms with Gasteiger partial charge in [0.25, 0.3) is 0 Å². The molecule has 2 heterocycles. The van der Waals surface area contributed by atoms with E-state index < -0.39 is 10.8 Å². The Balaban J connectivity index is 1.40. The summed E-state index contributed by atoms with van der Waals surface area (Å²) >= 11 is 5.91. The Kier molecular flexibility index (Phi) is 8.48. The number of hydrogen-bond acceptors (Lipinski definition) is 5. The summed E-state index contributed by atoms with van der Waals surface area (Å²) in [5.41, 5.74) is 1.42. The summed E-state index contributed by atoms with van der Waals surface area (Å²) in [5.74, 6) is 1.83. The second-order valence-corrected chi connectivity index (χ2v) is 9.90. The number of nitrogens with zero attached hydrogens (tertiary/aromatic N) is 2. The molecule has 1 aliphatic heterocycles. The predicted octanol–water partition coefficient (Wildman–Crippen LogP) is 3.79. The lowest BCUT2D eigenvalue weighted by molar-refractivity contribution is -0.118. The minimum atomic E-state index is -1.34. The van der Waals surface area contributed by atoms with Crippen LogP contribution in [0.5, 0.6) is 0 Å². The van der Waals surface area contributed by atoms with Crippen molar-refractivity contribution in [3.05, 3.63) is 40.7 Å². The number of carbonyl (C=O) groups excluding carboxylic acids is 1. The first-order valence-electron chi connectivity index (χ1n) is 10.5. The SMILES string of the molecule is Cc1oc(-c2ccc(Cl)cc2)nc1C[S@](=O)CC(=O)NCCCN1CCC[C@H](C)C1. The lowest BCUT2D eigenvalue weighted by atomic mass is 10.0. The molecule has 1 amide bonds. The lowest BCUT2D eigenvalue weighted by Gasteiger charge is -2.30. The van der Waals surface area contributed by atoms with Crippen LogP contribution in [0.4, 0.5) is 0 Å². The Labute approximate surface area is 185 Å². The largest absolute Gasteiger partial charge is 0.441 e. The third-order valence-electron chi connectivity index (χ3n) is 5.29. The van der Waals surface area contributed by atoms with Gasteiger partial charge in [-0.3, -0.25) is 9.00 Å². The Morgan fingerprint density at radius 2 is 2.13 bits per heavy atom. The van der Waals surface area contributed by atoms with Crippen LogP contribution in [0, 0.1) is 12.8 Å². The van der Waals surface area contributed by atoms with Crippen molar-refractivity contribution < 1.29 is 13.4 Å². The maximum Gasteiger partial charge on any atom is 0.232 e. The Morgan fingerprint density at radius 3 is 2.87 bits per heavy atom. The van der Waals surface area contributed by atoms with Gasteiger partial charge in [0.1, 0.15) is 11.5 Å². The number of carbonyl (C=O) groups is 1. The first kappa shape index (κ1) is 23.0. The van der Waals surface area contributed by atoms with E-state index in [9.17, 15) is 9.00 Å². The van der Waals surface area contributed by atoms with Crippen molar-refractivity contribution in [2.24, 2.45) is 5.92 Å². The van der Waals surface area contributed by atoms with E-state index >= 15 is 0 Å². The molecule has 2 atom stereocenters. The molecule has 0 aliphatic carbocycles. The standard InChI is InChI=1S/C22H30ClN3O3S/c1-16-5-3-11-26(13-16)12-4-10-24-21(27)15-30(28)14-20-17(2)29-22(25-20)18-6-8-19(23)9-7-18/h6-9,16H,3-5,10-15H2,1-2H3,(H,24,27)/t16-,30-/m0/s1. The van der Waals surface area contributed by atoms with Gasteiger partial charge in [-0.1, -0.05) is 18.5 Å². The normalized spacial score (nSPS) is 18.3. The van der Waals surface area contributed by atoms with E-state index in [0.29, 0.717) is 28.9 Å². The maximum absolute atomic E-state index is 12.4. The molecule has 0 bridgehead atoms. The van der Waals surface area contributed by atoms with Crippen molar-refractivity contribution in [3.8, 4) is 11.5 Å². The van der Waals surface area contributed by atoms with Crippen molar-refractivity contribution in [1.82, 2.24) is 15.2 Å². The number of piperidine rings is 1. The van der Waals surface area contributed by atoms with Crippen LogP contribution in [-0.2, 0) is 21.3 Å². The van der Waals surface area contributed by atoms with Gasteiger partial charge in [-0.05, 0) is 69.5 Å². The molecular weight excluding hydrogens is 422 g/mol. The smallest absolute Gasteiger partial charge is 0.232 e. The molecule has 0 radical (unpaired) electrons. The first-order chi connectivity index (χ1) is 14.4. The summed E-state index contributed by atoms with van der Waals surface area (Å²) in [5, 5.41) is 3.52. The highest BCUT2D eigenvalue weighted by Crippen LogP contribution is 2.24. The fourth-order valence-corrected chi connectivity index (χ4v) is 4.89. The minimum Gasteiger partial charge on any atom is -0.441 e. The van der Waals surface area contributed by atoms with E-state index in [0.717, 1.165) is 37.5 Å². The van der Waals surface area contributed by atoms with Crippen LogP contribution in [0.2, 0.25) is 5.02 Å². The van der Waals surface area contributed by atoms with Gasteiger partial charge in [0.05, 0.1) is 11.4 Å². The third-order valence-corrected chi connectivity index (χ3v) is 6.72. The fourth-order valence-electron chi connectivity index (χ4n) is 3.70. The first-order valence-corrected chi connectivity index (χ1v) is 12.3. The number of aryl methyl sites for hydroxylation is 1. The molecule has 30 heavy (non-hydrogen) atoms. The topological polar surface area (TPSA) is 75.4 Å². The number of aromatic nitrogens is 1. The molecular formula is C22H30ClN3O3S. The van der Waals surface area contributed by atoms with E-state index in [-0.39, 0.29) is 17.4 Å². The van der Waals surface area contributed by atoms with Crippen LogP contribution < -0.4 is 5.32 Å². The molecule has 1 aromatic carbocycles. The minimum absolute atomic E-state index is 0.0245. The molecule has 1 fully saturated rings. The van der Waals surface area contributed by atoms with Gasteiger partial charge in [-0.15, -0.1) is 0 Å². The zero-order valence-corrected chi connectivity index (χ0v) is 19.2. The highest BCUT2D eigenvalue weighted by atomic mass is 35.5. The summed E-state index contributed by atoms with van der Waals surface area (Å²) in [4.78, 5) is 19.0. The lowest BCUT2D eigenvalue weighted by Crippen LogP contribution is -2.37. The van der Waals surface area contributed by atoms with Gasteiger partial charge in [0.2, 0.25) is 11.8 Å². The summed E-state index contributed by atoms with van der Waals surface area (Å²) in [7, 11) is -1.34. The molecule has 0 spiro atoms. The molecule has 2 aromatic rings. The van der Waals surface area contributed by atoms with E-state index in [1.807, 2.05) is 12.1 Å². The van der Waals surface area contributed by atoms with Gasteiger partial charge in [0, 0.05) is 34.5 Å². The van der Waals surface area contributed by atoms with Crippen LogP contribution in [0.3, 0.4) is 0 Å². The molecule has 6 nitrogen and oxygen atoms in total. The van der Waals surface area contributed by atoms with Gasteiger partial charge < -0.3 is 14.6 Å².